The van der Waals surface area contributed by atoms with Crippen molar-refractivity contribution in [2.45, 2.75) is 32.2 Å². The number of rotatable bonds is 7. The van der Waals surface area contributed by atoms with Crippen molar-refractivity contribution in [2.75, 3.05) is 0 Å². The van der Waals surface area contributed by atoms with Crippen LogP contribution >= 0.6 is 0 Å². The van der Waals surface area contributed by atoms with Crippen LogP contribution in [0.2, 0.25) is 0 Å². The van der Waals surface area contributed by atoms with E-state index in [0.29, 0.717) is 18.5 Å². The first-order valence-corrected chi connectivity index (χ1v) is 8.39. The van der Waals surface area contributed by atoms with Gasteiger partial charge >= 0.3 is 12.4 Å². The molecule has 1 aromatic rings. The molecule has 0 fully saturated rings. The minimum atomic E-state index is -4.95. The Bertz CT molecular complexity index is 846. The Kier molecular flexibility index (Phi) is 8.69. The van der Waals surface area contributed by atoms with E-state index in [2.05, 4.69) is 26.9 Å². The predicted molar refractivity (Wildman–Crippen MR) is 105 cm³/mol. The summed E-state index contributed by atoms with van der Waals surface area (Å²) in [6, 6.07) is 0.320. The van der Waals surface area contributed by atoms with Gasteiger partial charge in [-0.05, 0) is 43.7 Å². The second-order valence-electron chi connectivity index (χ2n) is 5.81. The van der Waals surface area contributed by atoms with Gasteiger partial charge in [-0.3, -0.25) is 10.4 Å². The van der Waals surface area contributed by atoms with Crippen LogP contribution in [0.3, 0.4) is 0 Å². The quantitative estimate of drug-likeness (QED) is 0.346. The average molecular weight is 431 g/mol. The highest BCUT2D eigenvalue weighted by Gasteiger charge is 2.36. The third-order valence-corrected chi connectivity index (χ3v) is 3.44. The zero-order chi connectivity index (χ0) is 22.9. The van der Waals surface area contributed by atoms with E-state index in [1.807, 2.05) is 0 Å². The molecule has 0 aliphatic rings. The number of halogens is 6. The zero-order valence-corrected chi connectivity index (χ0v) is 16.0. The van der Waals surface area contributed by atoms with E-state index in [0.717, 1.165) is 6.21 Å². The van der Waals surface area contributed by atoms with Crippen LogP contribution < -0.4 is 5.32 Å². The van der Waals surface area contributed by atoms with E-state index in [1.165, 1.54) is 13.1 Å². The number of hydrogen-bond acceptors (Lipinski definition) is 3. The van der Waals surface area contributed by atoms with Crippen molar-refractivity contribution in [1.82, 2.24) is 5.32 Å². The summed E-state index contributed by atoms with van der Waals surface area (Å²) in [5.41, 5.74) is -3.27. The summed E-state index contributed by atoms with van der Waals surface area (Å²) >= 11 is 0. The lowest BCUT2D eigenvalue weighted by atomic mass is 10.1. The Labute approximate surface area is 169 Å². The summed E-state index contributed by atoms with van der Waals surface area (Å²) in [7, 11) is 0. The predicted octanol–water partition coefficient (Wildman–Crippen LogP) is 5.24. The van der Waals surface area contributed by atoms with E-state index in [4.69, 9.17) is 5.41 Å². The maximum absolute atomic E-state index is 12.9. The molecular formula is C19H19F6N5. The molecule has 1 atom stereocenters. The molecule has 0 amide bonds. The maximum atomic E-state index is 12.9. The zero-order valence-electron chi connectivity index (χ0n) is 16.0. The van der Waals surface area contributed by atoms with Crippen LogP contribution in [0.1, 0.15) is 30.5 Å². The number of aliphatic imine (C=N–C) groups is 3. The van der Waals surface area contributed by atoms with E-state index in [-0.39, 0.29) is 23.3 Å². The molecule has 2 N–H and O–H groups in total. The standard InChI is InChI=1S/C19H19F6N5/c1-4-5-6-27-13(3)30-17(29-11-26)12(2)28-10-14-7-15(18(20,21)22)9-16(8-14)19(23,24)25/h4-12H,3H2,1-2H3,(H2,26,29,30)/b5-4-,27-6-,28-10+. The monoisotopic (exact) mass is 431 g/mol. The van der Waals surface area contributed by atoms with Crippen molar-refractivity contribution in [1.29, 1.82) is 5.41 Å². The molecule has 162 valence electrons. The highest BCUT2D eigenvalue weighted by Crippen LogP contribution is 2.36. The van der Waals surface area contributed by atoms with Gasteiger partial charge in [0, 0.05) is 12.4 Å². The number of nitrogens with one attached hydrogen (secondary N) is 2. The van der Waals surface area contributed by atoms with Crippen molar-refractivity contribution in [2.24, 2.45) is 15.0 Å². The molecule has 1 aromatic carbocycles. The van der Waals surface area contributed by atoms with Gasteiger partial charge in [-0.1, -0.05) is 12.7 Å². The Balaban J connectivity index is 3.17. The largest absolute Gasteiger partial charge is 0.416 e. The van der Waals surface area contributed by atoms with Crippen LogP contribution in [0.5, 0.6) is 0 Å². The molecule has 30 heavy (non-hydrogen) atoms. The molecule has 0 aromatic heterocycles. The van der Waals surface area contributed by atoms with Crippen LogP contribution in [-0.4, -0.2) is 30.6 Å². The summed E-state index contributed by atoms with van der Waals surface area (Å²) in [5, 5.41) is 9.78. The molecule has 5 nitrogen and oxygen atoms in total. The van der Waals surface area contributed by atoms with Gasteiger partial charge in [-0.25, -0.2) is 9.98 Å². The van der Waals surface area contributed by atoms with Gasteiger partial charge < -0.3 is 5.32 Å². The Morgan fingerprint density at radius 2 is 1.67 bits per heavy atom. The smallest absolute Gasteiger partial charge is 0.327 e. The fourth-order valence-corrected chi connectivity index (χ4v) is 2.04. The maximum Gasteiger partial charge on any atom is 0.416 e. The summed E-state index contributed by atoms with van der Waals surface area (Å²) in [6.45, 7) is 6.88. The highest BCUT2D eigenvalue weighted by molar-refractivity contribution is 5.95. The Morgan fingerprint density at radius 3 is 2.13 bits per heavy atom. The number of allylic oxidation sites excluding steroid dienone is 2. The van der Waals surface area contributed by atoms with Gasteiger partial charge in [0.1, 0.15) is 24.0 Å². The molecule has 0 spiro atoms. The van der Waals surface area contributed by atoms with Gasteiger partial charge in [0.25, 0.3) is 0 Å². The lowest BCUT2D eigenvalue weighted by Crippen LogP contribution is -2.31. The van der Waals surface area contributed by atoms with Crippen molar-refractivity contribution in [3.63, 3.8) is 0 Å². The molecule has 1 rings (SSSR count). The number of alkyl halides is 6. The number of nitrogens with zero attached hydrogens (tertiary/aromatic N) is 3. The summed E-state index contributed by atoms with van der Waals surface area (Å²) in [6.07, 6.45) is -3.54. The first kappa shape index (κ1) is 24.8. The van der Waals surface area contributed by atoms with Crippen molar-refractivity contribution in [3.8, 4) is 0 Å². The molecule has 0 bridgehead atoms. The molecule has 0 heterocycles. The van der Waals surface area contributed by atoms with E-state index < -0.39 is 29.5 Å². The minimum absolute atomic E-state index is 0.0387. The lowest BCUT2D eigenvalue weighted by Gasteiger charge is -2.14. The Hall–Kier alpha value is -3.24. The normalized spacial score (nSPS) is 14.6. The van der Waals surface area contributed by atoms with E-state index >= 15 is 0 Å². The molecule has 0 radical (unpaired) electrons. The van der Waals surface area contributed by atoms with Crippen LogP contribution in [0.25, 0.3) is 0 Å². The average Bonchev–Trinajstić information content (AvgIpc) is 2.64. The van der Waals surface area contributed by atoms with E-state index in [9.17, 15) is 26.3 Å². The summed E-state index contributed by atoms with van der Waals surface area (Å²) < 4.78 is 77.6. The van der Waals surface area contributed by atoms with Gasteiger partial charge in [-0.2, -0.15) is 26.3 Å². The van der Waals surface area contributed by atoms with E-state index in [1.54, 1.807) is 19.1 Å². The molecule has 1 unspecified atom stereocenters. The molecule has 11 heteroatoms. The second kappa shape index (κ2) is 10.5. The minimum Gasteiger partial charge on any atom is -0.327 e. The van der Waals surface area contributed by atoms with Gasteiger partial charge in [0.15, 0.2) is 0 Å². The van der Waals surface area contributed by atoms with Crippen molar-refractivity contribution < 1.29 is 26.3 Å². The highest BCUT2D eigenvalue weighted by atomic mass is 19.4. The second-order valence-corrected chi connectivity index (χ2v) is 5.81. The molecule has 0 saturated carbocycles. The van der Waals surface area contributed by atoms with Crippen LogP contribution in [0.15, 0.2) is 57.7 Å². The number of hydrogen-bond donors (Lipinski definition) is 2. The van der Waals surface area contributed by atoms with Crippen molar-refractivity contribution in [3.05, 3.63) is 59.4 Å². The Morgan fingerprint density at radius 1 is 1.10 bits per heavy atom. The number of amidine groups is 1. The van der Waals surface area contributed by atoms with Gasteiger partial charge in [0.2, 0.25) is 0 Å². The molecule has 0 saturated heterocycles. The fourth-order valence-electron chi connectivity index (χ4n) is 2.04. The molecule has 0 aliphatic carbocycles. The van der Waals surface area contributed by atoms with Gasteiger partial charge in [0.05, 0.1) is 11.1 Å². The lowest BCUT2D eigenvalue weighted by molar-refractivity contribution is -0.143. The summed E-state index contributed by atoms with van der Waals surface area (Å²) in [5.74, 6) is 0.223. The molecular weight excluding hydrogens is 412 g/mol. The van der Waals surface area contributed by atoms with Crippen LogP contribution in [0.4, 0.5) is 26.3 Å². The van der Waals surface area contributed by atoms with Crippen molar-refractivity contribution >= 4 is 24.6 Å². The SMILES string of the molecule is C=C(/N=C\C=C/C)N/C(=N\C=N)C(C)/N=C/c1cc(C(F)(F)F)cc(C(F)(F)F)c1. The third-order valence-electron chi connectivity index (χ3n) is 3.44. The first-order valence-electron chi connectivity index (χ1n) is 8.39. The van der Waals surface area contributed by atoms with Crippen LogP contribution in [-0.2, 0) is 12.4 Å². The number of benzene rings is 1. The summed E-state index contributed by atoms with van der Waals surface area (Å²) in [4.78, 5) is 11.6. The first-order chi connectivity index (χ1) is 13.9. The molecule has 0 aliphatic heterocycles. The van der Waals surface area contributed by atoms with Gasteiger partial charge in [-0.15, -0.1) is 0 Å². The fraction of sp³-hybridized carbons (Fsp3) is 0.263. The van der Waals surface area contributed by atoms with Crippen LogP contribution in [0, 0.1) is 5.41 Å². The third kappa shape index (κ3) is 8.02. The topological polar surface area (TPSA) is 73.0 Å².